The molecule has 0 fully saturated rings. The van der Waals surface area contributed by atoms with Crippen molar-refractivity contribution in [2.75, 3.05) is 0 Å². The van der Waals surface area contributed by atoms with Gasteiger partial charge in [0.1, 0.15) is 0 Å². The minimum atomic E-state index is 0.575. The van der Waals surface area contributed by atoms with Crippen molar-refractivity contribution in [1.82, 2.24) is 33.2 Å². The molecule has 0 aliphatic heterocycles. The van der Waals surface area contributed by atoms with Crippen molar-refractivity contribution >= 4 is 87.2 Å². The molecule has 0 radical (unpaired) electrons. The maximum absolute atomic E-state index is 5.38. The van der Waals surface area contributed by atoms with Gasteiger partial charge in [0, 0.05) is 93.7 Å². The van der Waals surface area contributed by atoms with Gasteiger partial charge in [-0.3, -0.25) is 0 Å². The third kappa shape index (κ3) is 7.74. The fourth-order valence-electron chi connectivity index (χ4n) is 14.0. The molecular weight excluding hydrogens is 1070 g/mol. The van der Waals surface area contributed by atoms with Crippen LogP contribution >= 0.6 is 0 Å². The molecule has 18 aromatic rings. The van der Waals surface area contributed by atoms with Crippen LogP contribution in [0.15, 0.2) is 309 Å². The Balaban J connectivity index is 0.882. The van der Waals surface area contributed by atoms with Gasteiger partial charge >= 0.3 is 0 Å². The standard InChI is InChI=1S/C81H51N7/c1-5-23-52(24-6-1)79-82-80(53-25-7-2-8-26-53)84-81(83-79)56-47-59(85-71-39-17-15-33-65(71)69-49-54(43-45-75(69)85)61-35-21-37-67-63-31-13-19-41-73(63)87(77(61)67)57-27-9-3-10-28-57)51-60(48-56)86-72-40-18-16-34-66(72)70-50-55(44-46-76(70)86)62-36-22-38-68-64-32-14-20-42-74(64)88(78(62)68)58-29-11-4-12-30-58/h1-51H. The summed E-state index contributed by atoms with van der Waals surface area (Å²) < 4.78 is 9.71. The first-order chi connectivity index (χ1) is 43.7. The van der Waals surface area contributed by atoms with Gasteiger partial charge < -0.3 is 18.3 Å². The Labute approximate surface area is 506 Å². The molecule has 5 heterocycles. The predicted octanol–water partition coefficient (Wildman–Crippen LogP) is 20.6. The molecule has 0 unspecified atom stereocenters. The molecular formula is C81H51N7. The van der Waals surface area contributed by atoms with E-state index in [1.54, 1.807) is 0 Å². The molecule has 410 valence electrons. The smallest absolute Gasteiger partial charge is 0.164 e. The van der Waals surface area contributed by atoms with Crippen LogP contribution in [-0.2, 0) is 0 Å². The lowest BCUT2D eigenvalue weighted by molar-refractivity contribution is 1.07. The van der Waals surface area contributed by atoms with E-state index in [9.17, 15) is 0 Å². The first-order valence-electron chi connectivity index (χ1n) is 29.9. The zero-order valence-electron chi connectivity index (χ0n) is 47.6. The van der Waals surface area contributed by atoms with E-state index in [4.69, 9.17) is 15.0 Å². The number of para-hydroxylation sites is 8. The van der Waals surface area contributed by atoms with Gasteiger partial charge in [-0.1, -0.05) is 218 Å². The number of rotatable bonds is 9. The second-order valence-electron chi connectivity index (χ2n) is 22.7. The van der Waals surface area contributed by atoms with E-state index in [0.29, 0.717) is 17.5 Å². The maximum atomic E-state index is 5.38. The molecule has 0 amide bonds. The van der Waals surface area contributed by atoms with Crippen molar-refractivity contribution < 1.29 is 0 Å². The van der Waals surface area contributed by atoms with Gasteiger partial charge in [0.25, 0.3) is 0 Å². The Bertz CT molecular complexity index is 5440. The van der Waals surface area contributed by atoms with E-state index in [0.717, 1.165) is 94.2 Å². The number of aromatic nitrogens is 7. The Kier molecular flexibility index (Phi) is 11.2. The molecule has 0 saturated heterocycles. The number of hydrogen-bond acceptors (Lipinski definition) is 3. The van der Waals surface area contributed by atoms with Crippen LogP contribution in [0.2, 0.25) is 0 Å². The van der Waals surface area contributed by atoms with Gasteiger partial charge in [-0.2, -0.15) is 0 Å². The van der Waals surface area contributed by atoms with Crippen molar-refractivity contribution in [2.24, 2.45) is 0 Å². The summed E-state index contributed by atoms with van der Waals surface area (Å²) in [5.74, 6) is 1.78. The molecule has 0 bridgehead atoms. The highest BCUT2D eigenvalue weighted by atomic mass is 15.1. The SMILES string of the molecule is c1ccc(-c2nc(-c3ccccc3)nc(-c3cc(-n4c5ccccc5c5cc(-c6cccc7c8ccccc8n(-c8ccccc8)c67)ccc54)cc(-n4c5ccccc5c5cc(-c6cccc7c8ccccc8n(-c8ccccc8)c67)ccc54)c3)n2)cc1. The highest BCUT2D eigenvalue weighted by Crippen LogP contribution is 2.45. The minimum absolute atomic E-state index is 0.575. The quantitative estimate of drug-likeness (QED) is 0.145. The van der Waals surface area contributed by atoms with Crippen LogP contribution in [0.25, 0.3) is 166 Å². The summed E-state index contributed by atoms with van der Waals surface area (Å²) in [6.07, 6.45) is 0. The van der Waals surface area contributed by atoms with Crippen molar-refractivity contribution in [2.45, 2.75) is 0 Å². The Hall–Kier alpha value is -11.9. The summed E-state index contributed by atoms with van der Waals surface area (Å²) in [6.45, 7) is 0. The second-order valence-corrected chi connectivity index (χ2v) is 22.7. The zero-order valence-corrected chi connectivity index (χ0v) is 47.6. The minimum Gasteiger partial charge on any atom is -0.309 e. The van der Waals surface area contributed by atoms with Crippen molar-refractivity contribution in [3.63, 3.8) is 0 Å². The summed E-state index contributed by atoms with van der Waals surface area (Å²) in [5.41, 5.74) is 20.6. The van der Waals surface area contributed by atoms with E-state index in [1.165, 1.54) is 54.7 Å². The van der Waals surface area contributed by atoms with Crippen LogP contribution in [-0.4, -0.2) is 33.2 Å². The third-order valence-electron chi connectivity index (χ3n) is 17.8. The van der Waals surface area contributed by atoms with Crippen LogP contribution in [0, 0.1) is 0 Å². The Morgan fingerprint density at radius 2 is 0.500 bits per heavy atom. The van der Waals surface area contributed by atoms with Crippen LogP contribution < -0.4 is 0 Å². The molecule has 0 saturated carbocycles. The second kappa shape index (κ2) is 19.8. The molecule has 5 aromatic heterocycles. The molecule has 7 nitrogen and oxygen atoms in total. The van der Waals surface area contributed by atoms with Crippen LogP contribution in [0.3, 0.4) is 0 Å². The maximum Gasteiger partial charge on any atom is 0.164 e. The van der Waals surface area contributed by atoms with Crippen molar-refractivity contribution in [3.8, 4) is 79.2 Å². The van der Waals surface area contributed by atoms with E-state index < -0.39 is 0 Å². The van der Waals surface area contributed by atoms with Crippen molar-refractivity contribution in [3.05, 3.63) is 309 Å². The van der Waals surface area contributed by atoms with E-state index in [-0.39, 0.29) is 0 Å². The molecule has 0 aliphatic carbocycles. The highest BCUT2D eigenvalue weighted by molar-refractivity contribution is 6.18. The van der Waals surface area contributed by atoms with Gasteiger partial charge in [-0.15, -0.1) is 0 Å². The van der Waals surface area contributed by atoms with Gasteiger partial charge in [-0.05, 0) is 102 Å². The molecule has 0 atom stereocenters. The molecule has 7 heteroatoms. The summed E-state index contributed by atoms with van der Waals surface area (Å²) in [4.78, 5) is 15.9. The van der Waals surface area contributed by atoms with E-state index in [2.05, 4.69) is 291 Å². The van der Waals surface area contributed by atoms with Gasteiger partial charge in [0.15, 0.2) is 17.5 Å². The molecule has 0 N–H and O–H groups in total. The number of fused-ring (bicyclic) bond motifs is 12. The summed E-state index contributed by atoms with van der Waals surface area (Å²) in [7, 11) is 0. The third-order valence-corrected chi connectivity index (χ3v) is 17.8. The first kappa shape index (κ1) is 49.5. The monoisotopic (exact) mass is 1120 g/mol. The van der Waals surface area contributed by atoms with Crippen LogP contribution in [0.4, 0.5) is 0 Å². The highest BCUT2D eigenvalue weighted by Gasteiger charge is 2.24. The van der Waals surface area contributed by atoms with Crippen molar-refractivity contribution in [1.29, 1.82) is 0 Å². The average Bonchev–Trinajstić information content (AvgIpc) is 1.99. The first-order valence-corrected chi connectivity index (χ1v) is 29.9. The Morgan fingerprint density at radius 1 is 0.182 bits per heavy atom. The molecule has 88 heavy (non-hydrogen) atoms. The molecule has 18 rings (SSSR count). The van der Waals surface area contributed by atoms with Crippen LogP contribution in [0.5, 0.6) is 0 Å². The normalized spacial score (nSPS) is 11.9. The zero-order chi connectivity index (χ0) is 57.8. The number of nitrogens with zero attached hydrogens (tertiary/aromatic N) is 7. The summed E-state index contributed by atoms with van der Waals surface area (Å²) in [5, 5.41) is 9.52. The number of hydrogen-bond donors (Lipinski definition) is 0. The summed E-state index contributed by atoms with van der Waals surface area (Å²) >= 11 is 0. The summed E-state index contributed by atoms with van der Waals surface area (Å²) in [6, 6.07) is 111. The fraction of sp³-hybridized carbons (Fsp3) is 0. The molecule has 0 spiro atoms. The lowest BCUT2D eigenvalue weighted by atomic mass is 9.99. The lowest BCUT2D eigenvalue weighted by Crippen LogP contribution is -2.03. The van der Waals surface area contributed by atoms with Gasteiger partial charge in [0.05, 0.1) is 44.1 Å². The van der Waals surface area contributed by atoms with Crippen LogP contribution in [0.1, 0.15) is 0 Å². The Morgan fingerprint density at radius 3 is 0.909 bits per heavy atom. The van der Waals surface area contributed by atoms with Gasteiger partial charge in [0.2, 0.25) is 0 Å². The number of benzene rings is 13. The van der Waals surface area contributed by atoms with Gasteiger partial charge in [-0.25, -0.2) is 15.0 Å². The fourth-order valence-corrected chi connectivity index (χ4v) is 14.0. The predicted molar refractivity (Wildman–Crippen MR) is 364 cm³/mol. The van der Waals surface area contributed by atoms with E-state index in [1.807, 2.05) is 36.4 Å². The topological polar surface area (TPSA) is 58.4 Å². The lowest BCUT2D eigenvalue weighted by Gasteiger charge is -2.16. The average molecular weight is 1120 g/mol. The largest absolute Gasteiger partial charge is 0.309 e. The van der Waals surface area contributed by atoms with E-state index >= 15 is 0 Å². The molecule has 0 aliphatic rings. The molecule has 13 aromatic carbocycles.